The van der Waals surface area contributed by atoms with Crippen LogP contribution in [0.5, 0.6) is 0 Å². The van der Waals surface area contributed by atoms with E-state index in [2.05, 4.69) is 19.2 Å². The first-order chi connectivity index (χ1) is 11.0. The highest BCUT2D eigenvalue weighted by Gasteiger charge is 2.28. The Morgan fingerprint density at radius 3 is 2.57 bits per heavy atom. The Kier molecular flexibility index (Phi) is 6.16. The molecule has 5 heteroatoms. The van der Waals surface area contributed by atoms with Crippen LogP contribution in [-0.2, 0) is 16.1 Å². The number of ether oxygens (including phenoxy) is 1. The van der Waals surface area contributed by atoms with Crippen LogP contribution in [0, 0.1) is 11.8 Å². The second kappa shape index (κ2) is 8.11. The molecule has 3 atom stereocenters. The molecule has 1 aliphatic rings. The van der Waals surface area contributed by atoms with Gasteiger partial charge in [-0.1, -0.05) is 38.8 Å². The summed E-state index contributed by atoms with van der Waals surface area (Å²) >= 11 is 0. The fraction of sp³-hybridized carbons (Fsp3) is 0.556. The lowest BCUT2D eigenvalue weighted by Gasteiger charge is -2.34. The van der Waals surface area contributed by atoms with E-state index in [-0.39, 0.29) is 25.2 Å². The molecular weight excluding hydrogens is 294 g/mol. The molecule has 0 heterocycles. The smallest absolute Gasteiger partial charge is 0.338 e. The fourth-order valence-electron chi connectivity index (χ4n) is 2.99. The van der Waals surface area contributed by atoms with Crippen LogP contribution in [0.1, 0.15) is 49.0 Å². The monoisotopic (exact) mass is 319 g/mol. The molecule has 0 aliphatic heterocycles. The van der Waals surface area contributed by atoms with Gasteiger partial charge in [-0.3, -0.25) is 4.79 Å². The lowest BCUT2D eigenvalue weighted by atomic mass is 9.78. The molecule has 23 heavy (non-hydrogen) atoms. The average Bonchev–Trinajstić information content (AvgIpc) is 2.57. The predicted molar refractivity (Wildman–Crippen MR) is 86.8 cm³/mol. The molecule has 0 bridgehead atoms. The number of amides is 1. The summed E-state index contributed by atoms with van der Waals surface area (Å²) in [5, 5.41) is 11.9. The van der Waals surface area contributed by atoms with Crippen molar-refractivity contribution in [2.45, 2.75) is 45.8 Å². The minimum Gasteiger partial charge on any atom is -0.452 e. The molecule has 0 radical (unpaired) electrons. The standard InChI is InChI=1S/C18H25NO4/c1-12-4-3-5-16(13(12)2)19-17(21)11-23-18(22)15-8-6-14(10-20)7-9-15/h6-9,12-13,16,20H,3-5,10-11H2,1-2H3,(H,19,21)/t12-,13+,16-/m0/s1. The number of rotatable bonds is 5. The number of hydrogen-bond donors (Lipinski definition) is 2. The number of nitrogens with one attached hydrogen (secondary N) is 1. The Balaban J connectivity index is 1.80. The third kappa shape index (κ3) is 4.79. The molecule has 0 aromatic heterocycles. The van der Waals surface area contributed by atoms with Gasteiger partial charge in [0.2, 0.25) is 0 Å². The third-order valence-electron chi connectivity index (χ3n) is 4.76. The molecule has 5 nitrogen and oxygen atoms in total. The van der Waals surface area contributed by atoms with E-state index in [0.717, 1.165) is 18.4 Å². The second-order valence-corrected chi connectivity index (χ2v) is 6.37. The van der Waals surface area contributed by atoms with Gasteiger partial charge < -0.3 is 15.2 Å². The van der Waals surface area contributed by atoms with Crippen LogP contribution >= 0.6 is 0 Å². The summed E-state index contributed by atoms with van der Waals surface area (Å²) in [6.45, 7) is 4.02. The Morgan fingerprint density at radius 1 is 1.22 bits per heavy atom. The number of aliphatic hydroxyl groups excluding tert-OH is 1. The Morgan fingerprint density at radius 2 is 1.91 bits per heavy atom. The maximum atomic E-state index is 12.0. The first-order valence-electron chi connectivity index (χ1n) is 8.17. The van der Waals surface area contributed by atoms with Crippen molar-refractivity contribution < 1.29 is 19.4 Å². The Labute approximate surface area is 137 Å². The van der Waals surface area contributed by atoms with Crippen molar-refractivity contribution in [3.05, 3.63) is 35.4 Å². The van der Waals surface area contributed by atoms with Crippen molar-refractivity contribution in [2.75, 3.05) is 6.61 Å². The third-order valence-corrected chi connectivity index (χ3v) is 4.76. The van der Waals surface area contributed by atoms with Crippen molar-refractivity contribution in [2.24, 2.45) is 11.8 Å². The molecule has 0 spiro atoms. The molecule has 1 aromatic carbocycles. The van der Waals surface area contributed by atoms with Crippen LogP contribution in [0.4, 0.5) is 0 Å². The molecule has 126 valence electrons. The summed E-state index contributed by atoms with van der Waals surface area (Å²) in [4.78, 5) is 23.9. The Bertz CT molecular complexity index is 540. The molecule has 1 fully saturated rings. The topological polar surface area (TPSA) is 75.6 Å². The lowest BCUT2D eigenvalue weighted by Crippen LogP contribution is -2.45. The summed E-state index contributed by atoms with van der Waals surface area (Å²) < 4.78 is 5.05. The van der Waals surface area contributed by atoms with Crippen molar-refractivity contribution in [3.63, 3.8) is 0 Å². The van der Waals surface area contributed by atoms with Crippen LogP contribution < -0.4 is 5.32 Å². The zero-order valence-electron chi connectivity index (χ0n) is 13.7. The summed E-state index contributed by atoms with van der Waals surface area (Å²) in [6, 6.07) is 6.63. The molecule has 1 aromatic rings. The van der Waals surface area contributed by atoms with Gasteiger partial charge in [0.25, 0.3) is 5.91 Å². The summed E-state index contributed by atoms with van der Waals surface area (Å²) in [7, 11) is 0. The zero-order chi connectivity index (χ0) is 16.8. The van der Waals surface area contributed by atoms with E-state index in [0.29, 0.717) is 17.4 Å². The van der Waals surface area contributed by atoms with E-state index in [1.807, 2.05) is 0 Å². The second-order valence-electron chi connectivity index (χ2n) is 6.37. The summed E-state index contributed by atoms with van der Waals surface area (Å²) in [5.41, 5.74) is 1.09. The van der Waals surface area contributed by atoms with Gasteiger partial charge in [0.05, 0.1) is 12.2 Å². The Hall–Kier alpha value is -1.88. The number of carbonyl (C=O) groups excluding carboxylic acids is 2. The van der Waals surface area contributed by atoms with E-state index < -0.39 is 5.97 Å². The van der Waals surface area contributed by atoms with Gasteiger partial charge in [-0.2, -0.15) is 0 Å². The van der Waals surface area contributed by atoms with Crippen molar-refractivity contribution in [1.82, 2.24) is 5.32 Å². The van der Waals surface area contributed by atoms with E-state index in [1.54, 1.807) is 24.3 Å². The normalized spacial score (nSPS) is 24.0. The molecule has 2 rings (SSSR count). The van der Waals surface area contributed by atoms with Gasteiger partial charge in [-0.05, 0) is 36.0 Å². The van der Waals surface area contributed by atoms with E-state index >= 15 is 0 Å². The summed E-state index contributed by atoms with van der Waals surface area (Å²) in [5.74, 6) is 0.252. The first-order valence-corrected chi connectivity index (χ1v) is 8.17. The van der Waals surface area contributed by atoms with Crippen LogP contribution in [0.25, 0.3) is 0 Å². The van der Waals surface area contributed by atoms with Crippen LogP contribution in [0.15, 0.2) is 24.3 Å². The highest BCUT2D eigenvalue weighted by atomic mass is 16.5. The maximum absolute atomic E-state index is 12.0. The fourth-order valence-corrected chi connectivity index (χ4v) is 2.99. The highest BCUT2D eigenvalue weighted by molar-refractivity contribution is 5.91. The van der Waals surface area contributed by atoms with Gasteiger partial charge >= 0.3 is 5.97 Å². The average molecular weight is 319 g/mol. The van der Waals surface area contributed by atoms with E-state index in [1.165, 1.54) is 6.42 Å². The predicted octanol–water partition coefficient (Wildman–Crippen LogP) is 2.28. The van der Waals surface area contributed by atoms with Gasteiger partial charge in [0, 0.05) is 6.04 Å². The van der Waals surface area contributed by atoms with E-state index in [9.17, 15) is 9.59 Å². The zero-order valence-corrected chi connectivity index (χ0v) is 13.7. The molecular formula is C18H25NO4. The van der Waals surface area contributed by atoms with E-state index in [4.69, 9.17) is 9.84 Å². The molecule has 0 saturated heterocycles. The van der Waals surface area contributed by atoms with Gasteiger partial charge in [-0.25, -0.2) is 4.79 Å². The molecule has 1 amide bonds. The number of esters is 1. The summed E-state index contributed by atoms with van der Waals surface area (Å²) in [6.07, 6.45) is 3.30. The van der Waals surface area contributed by atoms with Gasteiger partial charge in [0.15, 0.2) is 6.61 Å². The van der Waals surface area contributed by atoms with Crippen LogP contribution in [0.2, 0.25) is 0 Å². The number of benzene rings is 1. The largest absolute Gasteiger partial charge is 0.452 e. The van der Waals surface area contributed by atoms with Gasteiger partial charge in [-0.15, -0.1) is 0 Å². The number of carbonyl (C=O) groups is 2. The minimum atomic E-state index is -0.533. The van der Waals surface area contributed by atoms with Crippen molar-refractivity contribution in [1.29, 1.82) is 0 Å². The number of hydrogen-bond acceptors (Lipinski definition) is 4. The van der Waals surface area contributed by atoms with Crippen LogP contribution in [-0.4, -0.2) is 29.6 Å². The quantitative estimate of drug-likeness (QED) is 0.816. The first kappa shape index (κ1) is 17.5. The SMILES string of the molecule is C[C@H]1[C@@H](NC(=O)COC(=O)c2ccc(CO)cc2)CCC[C@@H]1C. The van der Waals surface area contributed by atoms with Crippen molar-refractivity contribution in [3.8, 4) is 0 Å². The molecule has 0 unspecified atom stereocenters. The highest BCUT2D eigenvalue weighted by Crippen LogP contribution is 2.29. The maximum Gasteiger partial charge on any atom is 0.338 e. The number of aliphatic hydroxyl groups is 1. The molecule has 1 aliphatic carbocycles. The molecule has 2 N–H and O–H groups in total. The lowest BCUT2D eigenvalue weighted by molar-refractivity contribution is -0.125. The van der Waals surface area contributed by atoms with Crippen molar-refractivity contribution >= 4 is 11.9 Å². The minimum absolute atomic E-state index is 0.0737. The van der Waals surface area contributed by atoms with Crippen LogP contribution in [0.3, 0.4) is 0 Å². The molecule has 1 saturated carbocycles. The van der Waals surface area contributed by atoms with Gasteiger partial charge in [0.1, 0.15) is 0 Å².